The largest absolute Gasteiger partial charge is 0.340 e. The summed E-state index contributed by atoms with van der Waals surface area (Å²) >= 11 is 0. The Kier molecular flexibility index (Phi) is 6.11. The smallest absolute Gasteiger partial charge is 0.238 e. The van der Waals surface area contributed by atoms with Crippen molar-refractivity contribution in [3.8, 4) is 0 Å². The normalized spacial score (nSPS) is 18.3. The summed E-state index contributed by atoms with van der Waals surface area (Å²) in [7, 11) is 0. The van der Waals surface area contributed by atoms with Crippen molar-refractivity contribution in [2.24, 2.45) is 5.92 Å². The monoisotopic (exact) mass is 372 g/mol. The van der Waals surface area contributed by atoms with Crippen LogP contribution in [-0.2, 0) is 14.4 Å². The number of carbonyl (C=O) groups excluding carboxylic acids is 3. The molecule has 7 nitrogen and oxygen atoms in total. The van der Waals surface area contributed by atoms with Gasteiger partial charge in [0.2, 0.25) is 17.7 Å². The number of hydrogen-bond acceptors (Lipinski definition) is 4. The van der Waals surface area contributed by atoms with Crippen LogP contribution in [0.5, 0.6) is 0 Å². The number of rotatable bonds is 5. The summed E-state index contributed by atoms with van der Waals surface area (Å²) in [4.78, 5) is 42.0. The molecule has 0 spiro atoms. The van der Waals surface area contributed by atoms with E-state index >= 15 is 0 Å². The van der Waals surface area contributed by atoms with Gasteiger partial charge in [0, 0.05) is 56.4 Å². The van der Waals surface area contributed by atoms with E-state index in [1.807, 2.05) is 43.0 Å². The Balaban J connectivity index is 1.50. The molecule has 1 aromatic rings. The molecule has 0 aromatic heterocycles. The first-order valence-electron chi connectivity index (χ1n) is 9.65. The molecule has 2 fully saturated rings. The van der Waals surface area contributed by atoms with Gasteiger partial charge in [-0.3, -0.25) is 19.3 Å². The fourth-order valence-corrected chi connectivity index (χ4v) is 3.57. The van der Waals surface area contributed by atoms with E-state index in [1.54, 1.807) is 4.90 Å². The molecule has 1 N–H and O–H groups in total. The highest BCUT2D eigenvalue weighted by Crippen LogP contribution is 2.24. The maximum atomic E-state index is 12.4. The van der Waals surface area contributed by atoms with Crippen LogP contribution in [-0.4, -0.2) is 66.8 Å². The molecule has 0 atom stereocenters. The maximum absolute atomic E-state index is 12.4. The predicted molar refractivity (Wildman–Crippen MR) is 105 cm³/mol. The van der Waals surface area contributed by atoms with Gasteiger partial charge in [-0.1, -0.05) is 19.9 Å². The average molecular weight is 372 g/mol. The minimum Gasteiger partial charge on any atom is -0.340 e. The van der Waals surface area contributed by atoms with E-state index in [4.69, 9.17) is 0 Å². The molecule has 3 rings (SSSR count). The molecule has 3 amide bonds. The Morgan fingerprint density at radius 3 is 2.48 bits per heavy atom. The highest BCUT2D eigenvalue weighted by Gasteiger charge is 2.24. The van der Waals surface area contributed by atoms with Gasteiger partial charge < -0.3 is 15.1 Å². The minimum atomic E-state index is -0.0801. The lowest BCUT2D eigenvalue weighted by Gasteiger charge is -2.35. The van der Waals surface area contributed by atoms with Gasteiger partial charge in [0.25, 0.3) is 0 Å². The molecule has 0 aliphatic carbocycles. The summed E-state index contributed by atoms with van der Waals surface area (Å²) in [5, 5.41) is 2.92. The van der Waals surface area contributed by atoms with Gasteiger partial charge in [0.05, 0.1) is 6.54 Å². The van der Waals surface area contributed by atoms with Crippen molar-refractivity contribution in [2.75, 3.05) is 49.5 Å². The maximum Gasteiger partial charge on any atom is 0.238 e. The topological polar surface area (TPSA) is 73.0 Å². The lowest BCUT2D eigenvalue weighted by molar-refractivity contribution is -0.136. The van der Waals surface area contributed by atoms with Gasteiger partial charge in [0.1, 0.15) is 0 Å². The summed E-state index contributed by atoms with van der Waals surface area (Å²) in [6, 6.07) is 7.43. The van der Waals surface area contributed by atoms with Crippen LogP contribution in [0.3, 0.4) is 0 Å². The van der Waals surface area contributed by atoms with Gasteiger partial charge in [0.15, 0.2) is 0 Å². The van der Waals surface area contributed by atoms with Crippen molar-refractivity contribution in [2.45, 2.75) is 26.7 Å². The first-order valence-corrected chi connectivity index (χ1v) is 9.65. The first kappa shape index (κ1) is 19.4. The first-order chi connectivity index (χ1) is 12.9. The van der Waals surface area contributed by atoms with E-state index in [-0.39, 0.29) is 23.6 Å². The highest BCUT2D eigenvalue weighted by atomic mass is 16.2. The SMILES string of the molecule is CC(C)C(=O)N1CCN(CC(=O)Nc2cccc(N3CCCC3=O)c2)CC1. The zero-order chi connectivity index (χ0) is 19.4. The molecule has 2 saturated heterocycles. The van der Waals surface area contributed by atoms with Gasteiger partial charge in [-0.05, 0) is 24.6 Å². The Morgan fingerprint density at radius 1 is 1.11 bits per heavy atom. The second-order valence-electron chi connectivity index (χ2n) is 7.50. The summed E-state index contributed by atoms with van der Waals surface area (Å²) < 4.78 is 0. The number of amides is 3. The molecule has 0 radical (unpaired) electrons. The second-order valence-corrected chi connectivity index (χ2v) is 7.50. The molecule has 1 aromatic carbocycles. The second kappa shape index (κ2) is 8.52. The Bertz CT molecular complexity index is 711. The Hall–Kier alpha value is -2.41. The van der Waals surface area contributed by atoms with Crippen molar-refractivity contribution < 1.29 is 14.4 Å². The summed E-state index contributed by atoms with van der Waals surface area (Å²) in [6.07, 6.45) is 1.46. The molecule has 2 aliphatic heterocycles. The number of anilines is 2. The number of benzene rings is 1. The number of hydrogen-bond donors (Lipinski definition) is 1. The molecule has 27 heavy (non-hydrogen) atoms. The summed E-state index contributed by atoms with van der Waals surface area (Å²) in [5.74, 6) is 0.234. The lowest BCUT2D eigenvalue weighted by atomic mass is 10.1. The zero-order valence-electron chi connectivity index (χ0n) is 16.1. The summed E-state index contributed by atoms with van der Waals surface area (Å²) in [6.45, 7) is 7.58. The third-order valence-corrected chi connectivity index (χ3v) is 5.06. The van der Waals surface area contributed by atoms with E-state index in [2.05, 4.69) is 10.2 Å². The predicted octanol–water partition coefficient (Wildman–Crippen LogP) is 1.55. The van der Waals surface area contributed by atoms with Crippen molar-refractivity contribution in [3.63, 3.8) is 0 Å². The highest BCUT2D eigenvalue weighted by molar-refractivity contribution is 5.97. The van der Waals surface area contributed by atoms with E-state index in [1.165, 1.54) is 0 Å². The van der Waals surface area contributed by atoms with Crippen molar-refractivity contribution in [1.82, 2.24) is 9.80 Å². The molecular formula is C20H28N4O3. The number of nitrogens with one attached hydrogen (secondary N) is 1. The molecule has 146 valence electrons. The molecule has 0 bridgehead atoms. The van der Waals surface area contributed by atoms with Crippen molar-refractivity contribution in [1.29, 1.82) is 0 Å². The van der Waals surface area contributed by atoms with Crippen LogP contribution in [0.1, 0.15) is 26.7 Å². The Morgan fingerprint density at radius 2 is 1.85 bits per heavy atom. The van der Waals surface area contributed by atoms with E-state index in [0.717, 1.165) is 18.7 Å². The molecule has 2 aliphatic rings. The van der Waals surface area contributed by atoms with Gasteiger partial charge in [-0.15, -0.1) is 0 Å². The van der Waals surface area contributed by atoms with Crippen molar-refractivity contribution in [3.05, 3.63) is 24.3 Å². The van der Waals surface area contributed by atoms with E-state index in [0.29, 0.717) is 44.8 Å². The third-order valence-electron chi connectivity index (χ3n) is 5.06. The quantitative estimate of drug-likeness (QED) is 0.851. The average Bonchev–Trinajstić information content (AvgIpc) is 3.08. The van der Waals surface area contributed by atoms with Crippen molar-refractivity contribution >= 4 is 29.1 Å². The lowest BCUT2D eigenvalue weighted by Crippen LogP contribution is -2.51. The number of carbonyl (C=O) groups is 3. The third kappa shape index (κ3) is 4.86. The standard InChI is InChI=1S/C20H28N4O3/c1-15(2)20(27)23-11-9-22(10-12-23)14-18(25)21-16-5-3-6-17(13-16)24-8-4-7-19(24)26/h3,5-6,13,15H,4,7-12,14H2,1-2H3,(H,21,25). The molecular weight excluding hydrogens is 344 g/mol. The van der Waals surface area contributed by atoms with Crippen LogP contribution >= 0.6 is 0 Å². The summed E-state index contributed by atoms with van der Waals surface area (Å²) in [5.41, 5.74) is 1.53. The van der Waals surface area contributed by atoms with Gasteiger partial charge in [-0.2, -0.15) is 0 Å². The number of piperazine rings is 1. The zero-order valence-corrected chi connectivity index (χ0v) is 16.1. The van der Waals surface area contributed by atoms with Crippen LogP contribution in [0.25, 0.3) is 0 Å². The van der Waals surface area contributed by atoms with E-state index < -0.39 is 0 Å². The molecule has 2 heterocycles. The molecule has 7 heteroatoms. The van der Waals surface area contributed by atoms with Crippen LogP contribution in [0, 0.1) is 5.92 Å². The van der Waals surface area contributed by atoms with Crippen LogP contribution in [0.15, 0.2) is 24.3 Å². The van der Waals surface area contributed by atoms with Crippen LogP contribution in [0.2, 0.25) is 0 Å². The Labute approximate surface area is 160 Å². The minimum absolute atomic E-state index is 0.00890. The molecule has 0 unspecified atom stereocenters. The van der Waals surface area contributed by atoms with Gasteiger partial charge >= 0.3 is 0 Å². The van der Waals surface area contributed by atoms with E-state index in [9.17, 15) is 14.4 Å². The number of nitrogens with zero attached hydrogens (tertiary/aromatic N) is 3. The van der Waals surface area contributed by atoms with Gasteiger partial charge in [-0.25, -0.2) is 0 Å². The fraction of sp³-hybridized carbons (Fsp3) is 0.550. The van der Waals surface area contributed by atoms with Crippen LogP contribution in [0.4, 0.5) is 11.4 Å². The molecule has 0 saturated carbocycles. The fourth-order valence-electron chi connectivity index (χ4n) is 3.57. The van der Waals surface area contributed by atoms with Crippen LogP contribution < -0.4 is 10.2 Å².